The van der Waals surface area contributed by atoms with Gasteiger partial charge in [-0.15, -0.1) is 0 Å². The molecule has 1 aliphatic carbocycles. The van der Waals surface area contributed by atoms with Crippen molar-refractivity contribution < 1.29 is 9.59 Å². The molecule has 0 radical (unpaired) electrons. The maximum atomic E-state index is 12.4. The molecule has 0 aromatic heterocycles. The van der Waals surface area contributed by atoms with Gasteiger partial charge in [0.05, 0.1) is 0 Å². The van der Waals surface area contributed by atoms with Gasteiger partial charge < -0.3 is 10.6 Å². The first-order valence-corrected chi connectivity index (χ1v) is 7.50. The first kappa shape index (κ1) is 15.3. The minimum absolute atomic E-state index is 0.207. The fraction of sp³-hybridized carbons (Fsp3) is 0.412. The molecule has 0 saturated heterocycles. The predicted octanol–water partition coefficient (Wildman–Crippen LogP) is 2.61. The minimum atomic E-state index is -0.240. The lowest BCUT2D eigenvalue weighted by Gasteiger charge is -2.23. The molecular weight excluding hydrogens is 264 g/mol. The van der Waals surface area contributed by atoms with Gasteiger partial charge in [-0.05, 0) is 24.5 Å². The molecule has 1 aliphatic rings. The lowest BCUT2D eigenvalue weighted by atomic mass is 9.95. The van der Waals surface area contributed by atoms with Gasteiger partial charge in [-0.2, -0.15) is 0 Å². The average Bonchev–Trinajstić information content (AvgIpc) is 2.48. The van der Waals surface area contributed by atoms with Crippen molar-refractivity contribution in [2.45, 2.75) is 45.1 Å². The van der Waals surface area contributed by atoms with Crippen LogP contribution in [0, 0.1) is 0 Å². The summed E-state index contributed by atoms with van der Waals surface area (Å²) < 4.78 is 0. The van der Waals surface area contributed by atoms with Crippen LogP contribution in [0.15, 0.2) is 36.0 Å². The van der Waals surface area contributed by atoms with E-state index in [2.05, 4.69) is 10.6 Å². The molecule has 2 N–H and O–H groups in total. The molecule has 0 bridgehead atoms. The molecule has 4 heteroatoms. The van der Waals surface area contributed by atoms with Crippen LogP contribution in [-0.2, 0) is 9.59 Å². The summed E-state index contributed by atoms with van der Waals surface area (Å²) in [6.45, 7) is 1.41. The van der Waals surface area contributed by atoms with E-state index in [9.17, 15) is 9.59 Å². The van der Waals surface area contributed by atoms with E-state index in [-0.39, 0.29) is 17.9 Å². The van der Waals surface area contributed by atoms with Crippen LogP contribution < -0.4 is 10.6 Å². The predicted molar refractivity (Wildman–Crippen MR) is 83.3 cm³/mol. The van der Waals surface area contributed by atoms with Crippen molar-refractivity contribution in [2.24, 2.45) is 0 Å². The van der Waals surface area contributed by atoms with Gasteiger partial charge in [-0.25, -0.2) is 0 Å². The number of nitrogens with one attached hydrogen (secondary N) is 2. The van der Waals surface area contributed by atoms with Crippen molar-refractivity contribution in [3.05, 3.63) is 41.6 Å². The fourth-order valence-corrected chi connectivity index (χ4v) is 2.57. The highest BCUT2D eigenvalue weighted by molar-refractivity contribution is 6.01. The third-order valence-electron chi connectivity index (χ3n) is 3.61. The standard InChI is InChI=1S/C17H22N2O2/c1-13(20)18-16(12-14-8-4-2-5-9-14)17(21)19-15-10-6-3-7-11-15/h2,4-5,8-9,12,15H,3,6-7,10-11H2,1H3,(H,18,20)(H,19,21)/b16-12+. The molecule has 0 unspecified atom stereocenters. The molecule has 1 saturated carbocycles. The zero-order valence-corrected chi connectivity index (χ0v) is 12.4. The molecule has 4 nitrogen and oxygen atoms in total. The Balaban J connectivity index is 2.09. The van der Waals surface area contributed by atoms with Crippen LogP contribution in [0.5, 0.6) is 0 Å². The number of hydrogen-bond acceptors (Lipinski definition) is 2. The van der Waals surface area contributed by atoms with Crippen LogP contribution in [0.3, 0.4) is 0 Å². The van der Waals surface area contributed by atoms with Crippen molar-refractivity contribution >= 4 is 17.9 Å². The normalized spacial score (nSPS) is 16.3. The molecule has 0 heterocycles. The number of hydrogen-bond donors (Lipinski definition) is 2. The molecule has 0 spiro atoms. The van der Waals surface area contributed by atoms with Gasteiger partial charge >= 0.3 is 0 Å². The average molecular weight is 286 g/mol. The maximum Gasteiger partial charge on any atom is 0.268 e. The zero-order valence-electron chi connectivity index (χ0n) is 12.4. The van der Waals surface area contributed by atoms with Crippen LogP contribution in [0.2, 0.25) is 0 Å². The fourth-order valence-electron chi connectivity index (χ4n) is 2.57. The van der Waals surface area contributed by atoms with Gasteiger partial charge in [-0.3, -0.25) is 9.59 Å². The van der Waals surface area contributed by atoms with E-state index in [1.54, 1.807) is 6.08 Å². The third kappa shape index (κ3) is 5.06. The molecule has 1 fully saturated rings. The Kier molecular flexibility index (Phi) is 5.55. The van der Waals surface area contributed by atoms with Crippen LogP contribution in [0.4, 0.5) is 0 Å². The van der Waals surface area contributed by atoms with Crippen molar-refractivity contribution in [1.82, 2.24) is 10.6 Å². The summed E-state index contributed by atoms with van der Waals surface area (Å²) >= 11 is 0. The van der Waals surface area contributed by atoms with E-state index in [0.29, 0.717) is 5.70 Å². The molecular formula is C17H22N2O2. The van der Waals surface area contributed by atoms with Crippen LogP contribution in [-0.4, -0.2) is 17.9 Å². The monoisotopic (exact) mass is 286 g/mol. The summed E-state index contributed by atoms with van der Waals surface area (Å²) in [4.78, 5) is 23.7. The van der Waals surface area contributed by atoms with Crippen molar-refractivity contribution in [3.63, 3.8) is 0 Å². The Morgan fingerprint density at radius 1 is 1.10 bits per heavy atom. The third-order valence-corrected chi connectivity index (χ3v) is 3.61. The van der Waals surface area contributed by atoms with Gasteiger partial charge in [0.25, 0.3) is 5.91 Å². The lowest BCUT2D eigenvalue weighted by molar-refractivity contribution is -0.122. The smallest absolute Gasteiger partial charge is 0.268 e. The molecule has 0 aliphatic heterocycles. The quantitative estimate of drug-likeness (QED) is 0.836. The second-order valence-corrected chi connectivity index (χ2v) is 5.46. The molecule has 1 aromatic carbocycles. The molecule has 2 rings (SSSR count). The zero-order chi connectivity index (χ0) is 15.1. The van der Waals surface area contributed by atoms with E-state index in [1.807, 2.05) is 30.3 Å². The Morgan fingerprint density at radius 2 is 1.76 bits per heavy atom. The topological polar surface area (TPSA) is 58.2 Å². The minimum Gasteiger partial charge on any atom is -0.348 e. The summed E-state index contributed by atoms with van der Waals surface area (Å²) in [5, 5.41) is 5.65. The number of carbonyl (C=O) groups excluding carboxylic acids is 2. The largest absolute Gasteiger partial charge is 0.348 e. The van der Waals surface area contributed by atoms with Crippen molar-refractivity contribution in [3.8, 4) is 0 Å². The van der Waals surface area contributed by atoms with E-state index >= 15 is 0 Å². The van der Waals surface area contributed by atoms with E-state index < -0.39 is 0 Å². The molecule has 21 heavy (non-hydrogen) atoms. The van der Waals surface area contributed by atoms with Gasteiger partial charge in [0.2, 0.25) is 5.91 Å². The number of carbonyl (C=O) groups is 2. The van der Waals surface area contributed by atoms with E-state index in [4.69, 9.17) is 0 Å². The summed E-state index contributed by atoms with van der Waals surface area (Å²) in [7, 11) is 0. The summed E-state index contributed by atoms with van der Waals surface area (Å²) in [5.74, 6) is -0.447. The maximum absolute atomic E-state index is 12.4. The Labute approximate surface area is 125 Å². The number of amides is 2. The molecule has 2 amide bonds. The summed E-state index contributed by atoms with van der Waals surface area (Å²) in [6, 6.07) is 9.73. The van der Waals surface area contributed by atoms with Gasteiger partial charge in [-0.1, -0.05) is 49.6 Å². The molecule has 1 aromatic rings. The highest BCUT2D eigenvalue weighted by atomic mass is 16.2. The van der Waals surface area contributed by atoms with Crippen molar-refractivity contribution in [1.29, 1.82) is 0 Å². The lowest BCUT2D eigenvalue weighted by Crippen LogP contribution is -2.40. The number of rotatable bonds is 4. The second kappa shape index (κ2) is 7.62. The highest BCUT2D eigenvalue weighted by Crippen LogP contribution is 2.17. The van der Waals surface area contributed by atoms with Crippen LogP contribution in [0.1, 0.15) is 44.6 Å². The van der Waals surface area contributed by atoms with Crippen LogP contribution in [0.25, 0.3) is 6.08 Å². The Morgan fingerprint density at radius 3 is 2.38 bits per heavy atom. The van der Waals surface area contributed by atoms with Gasteiger partial charge in [0.15, 0.2) is 0 Å². The first-order chi connectivity index (χ1) is 10.1. The molecule has 112 valence electrons. The number of benzene rings is 1. The first-order valence-electron chi connectivity index (χ1n) is 7.50. The second-order valence-electron chi connectivity index (χ2n) is 5.46. The van der Waals surface area contributed by atoms with E-state index in [1.165, 1.54) is 13.3 Å². The highest BCUT2D eigenvalue weighted by Gasteiger charge is 2.18. The SMILES string of the molecule is CC(=O)N/C(=C/c1ccccc1)C(=O)NC1CCCCC1. The van der Waals surface area contributed by atoms with Gasteiger partial charge in [0, 0.05) is 13.0 Å². The van der Waals surface area contributed by atoms with Crippen molar-refractivity contribution in [2.75, 3.05) is 0 Å². The summed E-state index contributed by atoms with van der Waals surface area (Å²) in [6.07, 6.45) is 7.30. The Hall–Kier alpha value is -2.10. The van der Waals surface area contributed by atoms with E-state index in [0.717, 1.165) is 31.2 Å². The molecule has 0 atom stereocenters. The Bertz CT molecular complexity index is 517. The van der Waals surface area contributed by atoms with Gasteiger partial charge in [0.1, 0.15) is 5.70 Å². The van der Waals surface area contributed by atoms with Crippen LogP contribution >= 0.6 is 0 Å². The summed E-state index contributed by atoms with van der Waals surface area (Å²) in [5.41, 5.74) is 1.19.